The summed E-state index contributed by atoms with van der Waals surface area (Å²) in [5, 5.41) is 14.8. The van der Waals surface area contributed by atoms with Gasteiger partial charge in [0.1, 0.15) is 0 Å². The van der Waals surface area contributed by atoms with Crippen LogP contribution in [0.4, 0.5) is 0 Å². The molecule has 2 rings (SSSR count). The number of hydrogen-bond acceptors (Lipinski definition) is 2. The highest BCUT2D eigenvalue weighted by Crippen LogP contribution is 2.41. The molecular formula is C14H19Cl2NO. The summed E-state index contributed by atoms with van der Waals surface area (Å²) < 4.78 is 0. The zero-order valence-corrected chi connectivity index (χ0v) is 12.1. The largest absolute Gasteiger partial charge is 0.392 e. The smallest absolute Gasteiger partial charge is 0.0649 e. The molecule has 0 aliphatic heterocycles. The summed E-state index contributed by atoms with van der Waals surface area (Å²) >= 11 is 12.1. The molecule has 2 N–H and O–H groups in total. The molecule has 1 aliphatic carbocycles. The molecule has 0 radical (unpaired) electrons. The molecule has 0 heterocycles. The van der Waals surface area contributed by atoms with Gasteiger partial charge in [0, 0.05) is 12.0 Å². The van der Waals surface area contributed by atoms with Crippen molar-refractivity contribution < 1.29 is 5.11 Å². The van der Waals surface area contributed by atoms with E-state index >= 15 is 0 Å². The van der Waals surface area contributed by atoms with E-state index in [0.29, 0.717) is 10.0 Å². The molecular weight excluding hydrogens is 269 g/mol. The van der Waals surface area contributed by atoms with E-state index in [9.17, 15) is 5.11 Å². The van der Waals surface area contributed by atoms with Crippen LogP contribution in [0.3, 0.4) is 0 Å². The molecule has 1 aromatic rings. The Balaban J connectivity index is 2.42. The third-order valence-electron chi connectivity index (χ3n) is 3.98. The fraction of sp³-hybridized carbons (Fsp3) is 0.571. The first-order chi connectivity index (χ1) is 8.60. The number of aliphatic hydroxyl groups is 1. The fourth-order valence-corrected chi connectivity index (χ4v) is 3.29. The molecule has 100 valence electrons. The van der Waals surface area contributed by atoms with Crippen LogP contribution in [0.2, 0.25) is 10.0 Å². The molecule has 1 fully saturated rings. The van der Waals surface area contributed by atoms with Crippen molar-refractivity contribution >= 4 is 23.2 Å². The van der Waals surface area contributed by atoms with Crippen LogP contribution in [0, 0.1) is 0 Å². The number of aliphatic hydroxyl groups excluding tert-OH is 1. The highest BCUT2D eigenvalue weighted by Gasteiger charge is 2.41. The predicted octanol–water partition coefficient (Wildman–Crippen LogP) is 3.39. The third kappa shape index (κ3) is 2.53. The Morgan fingerprint density at radius 1 is 1.33 bits per heavy atom. The third-order valence-corrected chi connectivity index (χ3v) is 4.71. The van der Waals surface area contributed by atoms with Crippen molar-refractivity contribution in [2.45, 2.75) is 37.2 Å². The zero-order chi connectivity index (χ0) is 13.2. The number of benzene rings is 1. The molecule has 0 saturated heterocycles. The van der Waals surface area contributed by atoms with Crippen molar-refractivity contribution in [2.75, 3.05) is 13.6 Å². The molecule has 1 aliphatic rings. The van der Waals surface area contributed by atoms with Gasteiger partial charge < -0.3 is 10.4 Å². The lowest BCUT2D eigenvalue weighted by Crippen LogP contribution is -2.48. The quantitative estimate of drug-likeness (QED) is 0.893. The molecule has 1 saturated carbocycles. The van der Waals surface area contributed by atoms with E-state index < -0.39 is 0 Å². The minimum absolute atomic E-state index is 0.235. The first-order valence-electron chi connectivity index (χ1n) is 6.38. The lowest BCUT2D eigenvalue weighted by molar-refractivity contribution is 0.0424. The first-order valence-corrected chi connectivity index (χ1v) is 7.14. The SMILES string of the molecule is CNC[C@@]1(c2ccc(Cl)c(Cl)c2)CCCC[C@@H]1O. The van der Waals surface area contributed by atoms with Gasteiger partial charge in [-0.15, -0.1) is 0 Å². The first kappa shape index (κ1) is 14.1. The summed E-state index contributed by atoms with van der Waals surface area (Å²) in [4.78, 5) is 0. The second-order valence-electron chi connectivity index (χ2n) is 5.08. The van der Waals surface area contributed by atoms with E-state index in [1.807, 2.05) is 25.2 Å². The summed E-state index contributed by atoms with van der Waals surface area (Å²) in [5.41, 5.74) is 0.847. The maximum atomic E-state index is 10.4. The minimum atomic E-state index is -0.323. The van der Waals surface area contributed by atoms with Crippen LogP contribution in [-0.4, -0.2) is 24.8 Å². The van der Waals surface area contributed by atoms with E-state index in [-0.39, 0.29) is 11.5 Å². The van der Waals surface area contributed by atoms with Gasteiger partial charge in [0.15, 0.2) is 0 Å². The second-order valence-corrected chi connectivity index (χ2v) is 5.89. The van der Waals surface area contributed by atoms with Gasteiger partial charge in [-0.3, -0.25) is 0 Å². The Kier molecular flexibility index (Phi) is 4.54. The van der Waals surface area contributed by atoms with Crippen molar-refractivity contribution in [3.8, 4) is 0 Å². The molecule has 0 spiro atoms. The highest BCUT2D eigenvalue weighted by molar-refractivity contribution is 6.42. The molecule has 0 amide bonds. The molecule has 18 heavy (non-hydrogen) atoms. The average Bonchev–Trinajstić information content (AvgIpc) is 2.36. The van der Waals surface area contributed by atoms with Crippen LogP contribution in [0.25, 0.3) is 0 Å². The molecule has 2 nitrogen and oxygen atoms in total. The number of nitrogens with one attached hydrogen (secondary N) is 1. The van der Waals surface area contributed by atoms with Gasteiger partial charge in [0.2, 0.25) is 0 Å². The highest BCUT2D eigenvalue weighted by atomic mass is 35.5. The van der Waals surface area contributed by atoms with Crippen molar-refractivity contribution in [3.63, 3.8) is 0 Å². The molecule has 2 atom stereocenters. The summed E-state index contributed by atoms with van der Waals surface area (Å²) in [6, 6.07) is 5.70. The van der Waals surface area contributed by atoms with Crippen LogP contribution in [0.1, 0.15) is 31.2 Å². The normalized spacial score (nSPS) is 28.3. The minimum Gasteiger partial charge on any atom is -0.392 e. The summed E-state index contributed by atoms with van der Waals surface area (Å²) in [7, 11) is 1.92. The molecule has 0 aromatic heterocycles. The lowest BCUT2D eigenvalue weighted by atomic mass is 9.67. The van der Waals surface area contributed by atoms with Crippen molar-refractivity contribution in [3.05, 3.63) is 33.8 Å². The zero-order valence-electron chi connectivity index (χ0n) is 10.5. The van der Waals surface area contributed by atoms with E-state index in [0.717, 1.165) is 37.8 Å². The van der Waals surface area contributed by atoms with Gasteiger partial charge >= 0.3 is 0 Å². The molecule has 0 bridgehead atoms. The van der Waals surface area contributed by atoms with Gasteiger partial charge in [-0.05, 0) is 37.6 Å². The summed E-state index contributed by atoms with van der Waals surface area (Å²) in [6.07, 6.45) is 3.73. The van der Waals surface area contributed by atoms with E-state index in [1.54, 1.807) is 0 Å². The maximum Gasteiger partial charge on any atom is 0.0649 e. The van der Waals surface area contributed by atoms with Crippen LogP contribution in [0.5, 0.6) is 0 Å². The van der Waals surface area contributed by atoms with Crippen molar-refractivity contribution in [1.82, 2.24) is 5.32 Å². The summed E-state index contributed by atoms with van der Waals surface area (Å²) in [5.74, 6) is 0. The number of halogens is 2. The van der Waals surface area contributed by atoms with E-state index in [2.05, 4.69) is 5.32 Å². The van der Waals surface area contributed by atoms with Crippen molar-refractivity contribution in [1.29, 1.82) is 0 Å². The Bertz CT molecular complexity index is 420. The van der Waals surface area contributed by atoms with Crippen LogP contribution in [-0.2, 0) is 5.41 Å². The molecule has 4 heteroatoms. The molecule has 1 aromatic carbocycles. The molecule has 0 unspecified atom stereocenters. The van der Waals surface area contributed by atoms with Crippen LogP contribution >= 0.6 is 23.2 Å². The van der Waals surface area contributed by atoms with Gasteiger partial charge in [0.05, 0.1) is 16.1 Å². The Hall–Kier alpha value is -0.280. The number of rotatable bonds is 3. The Morgan fingerprint density at radius 3 is 2.72 bits per heavy atom. The van der Waals surface area contributed by atoms with Gasteiger partial charge in [0.25, 0.3) is 0 Å². The second kappa shape index (κ2) is 5.79. The topological polar surface area (TPSA) is 32.3 Å². The predicted molar refractivity (Wildman–Crippen MR) is 76.5 cm³/mol. The Labute approximate surface area is 118 Å². The Morgan fingerprint density at radius 2 is 2.11 bits per heavy atom. The summed E-state index contributed by atoms with van der Waals surface area (Å²) in [6.45, 7) is 0.756. The number of hydrogen-bond donors (Lipinski definition) is 2. The number of likely N-dealkylation sites (N-methyl/N-ethyl adjacent to an activating group) is 1. The monoisotopic (exact) mass is 287 g/mol. The van der Waals surface area contributed by atoms with E-state index in [4.69, 9.17) is 23.2 Å². The fourth-order valence-electron chi connectivity index (χ4n) is 2.99. The van der Waals surface area contributed by atoms with Gasteiger partial charge in [-0.2, -0.15) is 0 Å². The standard InChI is InChI=1S/C14H19Cl2NO/c1-17-9-14(7-3-2-4-13(14)18)10-5-6-11(15)12(16)8-10/h5-6,8,13,17-18H,2-4,7,9H2,1H3/t13-,14+/m0/s1. The van der Waals surface area contributed by atoms with Crippen LogP contribution in [0.15, 0.2) is 18.2 Å². The van der Waals surface area contributed by atoms with Crippen molar-refractivity contribution in [2.24, 2.45) is 0 Å². The van der Waals surface area contributed by atoms with Gasteiger partial charge in [-0.25, -0.2) is 0 Å². The maximum absolute atomic E-state index is 10.4. The van der Waals surface area contributed by atoms with Crippen LogP contribution < -0.4 is 5.32 Å². The van der Waals surface area contributed by atoms with Gasteiger partial charge in [-0.1, -0.05) is 42.1 Å². The average molecular weight is 288 g/mol. The lowest BCUT2D eigenvalue weighted by Gasteiger charge is -2.42. The van der Waals surface area contributed by atoms with E-state index in [1.165, 1.54) is 0 Å².